The van der Waals surface area contributed by atoms with E-state index in [2.05, 4.69) is 10.6 Å². The van der Waals surface area contributed by atoms with Gasteiger partial charge in [-0.25, -0.2) is 4.39 Å². The van der Waals surface area contributed by atoms with Gasteiger partial charge < -0.3 is 15.4 Å². The summed E-state index contributed by atoms with van der Waals surface area (Å²) in [6.45, 7) is 1.48. The van der Waals surface area contributed by atoms with Crippen molar-refractivity contribution in [2.75, 3.05) is 26.9 Å². The number of nitrogens with zero attached hydrogens (tertiary/aromatic N) is 1. The van der Waals surface area contributed by atoms with Gasteiger partial charge in [0, 0.05) is 20.3 Å². The minimum Gasteiger partial charge on any atom is -0.668 e. The fourth-order valence-corrected chi connectivity index (χ4v) is 3.31. The zero-order chi connectivity index (χ0) is 23.0. The van der Waals surface area contributed by atoms with Gasteiger partial charge in [-0.05, 0) is 35.8 Å². The minimum atomic E-state index is -4.50. The second-order valence-corrected chi connectivity index (χ2v) is 7.63. The Morgan fingerprint density at radius 1 is 1.16 bits per heavy atom. The van der Waals surface area contributed by atoms with Gasteiger partial charge in [0.05, 0.1) is 16.0 Å². The summed E-state index contributed by atoms with van der Waals surface area (Å²) in [4.78, 5) is 0. The van der Waals surface area contributed by atoms with Crippen molar-refractivity contribution in [1.29, 1.82) is 0 Å². The minimum absolute atomic E-state index is 0. The SMILES string of the molecule is COCC([N-]c1ccc(/C=C/C(c2cc(C)c(Cl)c(Cl)c2)C(F)(F)F)cc1)NCCF.[K+]. The number of halogens is 6. The van der Waals surface area contributed by atoms with E-state index in [1.165, 1.54) is 25.3 Å². The van der Waals surface area contributed by atoms with Gasteiger partial charge in [-0.3, -0.25) is 0 Å². The molecule has 2 atom stereocenters. The third-order valence-electron chi connectivity index (χ3n) is 4.42. The number of allylic oxidation sites excluding steroid dienone is 1. The third-order valence-corrected chi connectivity index (χ3v) is 5.32. The van der Waals surface area contributed by atoms with Gasteiger partial charge >= 0.3 is 57.6 Å². The maximum Gasteiger partial charge on any atom is 1.00 e. The van der Waals surface area contributed by atoms with Crippen LogP contribution in [0.2, 0.25) is 10.0 Å². The summed E-state index contributed by atoms with van der Waals surface area (Å²) in [5, 5.41) is 7.62. The number of nitrogens with one attached hydrogen (secondary N) is 1. The first-order chi connectivity index (χ1) is 14.7. The molecule has 0 radical (unpaired) electrons. The Morgan fingerprint density at radius 2 is 1.81 bits per heavy atom. The van der Waals surface area contributed by atoms with Crippen LogP contribution in [-0.4, -0.2) is 39.3 Å². The molecule has 0 amide bonds. The fraction of sp³-hybridized carbons (Fsp3) is 0.364. The maximum atomic E-state index is 13.7. The topological polar surface area (TPSA) is 35.4 Å². The van der Waals surface area contributed by atoms with Crippen LogP contribution in [0.25, 0.3) is 11.4 Å². The molecule has 1 N–H and O–H groups in total. The van der Waals surface area contributed by atoms with E-state index in [-0.39, 0.29) is 80.1 Å². The van der Waals surface area contributed by atoms with Crippen LogP contribution in [0.3, 0.4) is 0 Å². The maximum absolute atomic E-state index is 13.7. The van der Waals surface area contributed by atoms with E-state index in [9.17, 15) is 17.6 Å². The molecule has 0 heterocycles. The molecule has 0 aliphatic heterocycles. The molecule has 0 aliphatic rings. The molecule has 0 aliphatic carbocycles. The number of rotatable bonds is 10. The average molecular weight is 517 g/mol. The molecule has 2 aromatic carbocycles. The summed E-state index contributed by atoms with van der Waals surface area (Å²) >= 11 is 11.9. The smallest absolute Gasteiger partial charge is 0.668 e. The van der Waals surface area contributed by atoms with E-state index in [4.69, 9.17) is 27.9 Å². The van der Waals surface area contributed by atoms with Crippen molar-refractivity contribution in [2.45, 2.75) is 25.2 Å². The number of ether oxygens (including phenoxy) is 1. The molecule has 2 rings (SSSR count). The molecule has 0 aromatic heterocycles. The van der Waals surface area contributed by atoms with Crippen molar-refractivity contribution < 1.29 is 73.7 Å². The van der Waals surface area contributed by atoms with Crippen molar-refractivity contribution in [3.8, 4) is 0 Å². The summed E-state index contributed by atoms with van der Waals surface area (Å²) in [6.07, 6.45) is -2.44. The predicted molar refractivity (Wildman–Crippen MR) is 118 cm³/mol. The molecule has 2 aromatic rings. The quantitative estimate of drug-likeness (QED) is 0.379. The molecule has 0 fully saturated rings. The third kappa shape index (κ3) is 9.23. The second-order valence-electron chi connectivity index (χ2n) is 6.85. The average Bonchev–Trinajstić information content (AvgIpc) is 2.70. The Morgan fingerprint density at radius 3 is 2.34 bits per heavy atom. The van der Waals surface area contributed by atoms with Crippen LogP contribution in [0.1, 0.15) is 22.6 Å². The van der Waals surface area contributed by atoms with E-state index in [1.807, 2.05) is 0 Å². The van der Waals surface area contributed by atoms with Gasteiger partial charge in [0.1, 0.15) is 6.67 Å². The largest absolute Gasteiger partial charge is 1.00 e. The van der Waals surface area contributed by atoms with Crippen molar-refractivity contribution >= 4 is 35.0 Å². The molecule has 0 spiro atoms. The molecule has 2 unspecified atom stereocenters. The summed E-state index contributed by atoms with van der Waals surface area (Å²) in [5.74, 6) is -1.83. The first-order valence-electron chi connectivity index (χ1n) is 9.45. The summed E-state index contributed by atoms with van der Waals surface area (Å²) in [6, 6.07) is 9.28. The fourth-order valence-electron chi connectivity index (χ4n) is 2.92. The normalized spacial score (nSPS) is 13.6. The summed E-state index contributed by atoms with van der Waals surface area (Å²) in [7, 11) is 1.51. The van der Waals surface area contributed by atoms with Crippen LogP contribution in [0, 0.1) is 6.92 Å². The Labute approximate surface area is 238 Å². The van der Waals surface area contributed by atoms with E-state index in [1.54, 1.807) is 31.2 Å². The zero-order valence-electron chi connectivity index (χ0n) is 18.0. The van der Waals surface area contributed by atoms with Crippen LogP contribution in [0.15, 0.2) is 42.5 Å². The van der Waals surface area contributed by atoms with Gasteiger partial charge in [-0.2, -0.15) is 13.2 Å². The number of benzene rings is 2. The van der Waals surface area contributed by atoms with Gasteiger partial charge in [0.25, 0.3) is 0 Å². The molecule has 0 saturated heterocycles. The van der Waals surface area contributed by atoms with Crippen molar-refractivity contribution in [3.05, 3.63) is 74.5 Å². The molecule has 3 nitrogen and oxygen atoms in total. The van der Waals surface area contributed by atoms with E-state index in [0.29, 0.717) is 16.8 Å². The van der Waals surface area contributed by atoms with Crippen LogP contribution >= 0.6 is 23.2 Å². The van der Waals surface area contributed by atoms with Crippen LogP contribution in [0.4, 0.5) is 23.2 Å². The van der Waals surface area contributed by atoms with Crippen LogP contribution < -0.4 is 56.7 Å². The Bertz CT molecular complexity index is 856. The zero-order valence-corrected chi connectivity index (χ0v) is 22.7. The van der Waals surface area contributed by atoms with Crippen molar-refractivity contribution in [3.63, 3.8) is 0 Å². The Hall–Kier alpha value is -0.164. The van der Waals surface area contributed by atoms with E-state index in [0.717, 1.165) is 6.08 Å². The summed E-state index contributed by atoms with van der Waals surface area (Å²) < 4.78 is 58.4. The first kappa shape index (κ1) is 29.9. The first-order valence-corrected chi connectivity index (χ1v) is 10.2. The van der Waals surface area contributed by atoms with Gasteiger partial charge in [0.2, 0.25) is 0 Å². The standard InChI is InChI=1S/C22H23Cl2F4N2O.K/c1-14-11-16(12-19(23)21(14)24)18(22(26,27)28)8-5-15-3-6-17(7-4-15)30-20(13-31-2)29-10-9-25;/h3-8,11-12,18,20,29H,9-10,13H2,1-2H3;/q-1;+1/b8-5+;. The second kappa shape index (κ2) is 14.3. The van der Waals surface area contributed by atoms with Crippen LogP contribution in [0.5, 0.6) is 0 Å². The predicted octanol–water partition coefficient (Wildman–Crippen LogP) is 4.20. The Balaban J connectivity index is 0.00000512. The van der Waals surface area contributed by atoms with Gasteiger partial charge in [-0.15, -0.1) is 5.69 Å². The molecule has 0 bridgehead atoms. The van der Waals surface area contributed by atoms with Gasteiger partial charge in [-0.1, -0.05) is 65.7 Å². The molecule has 170 valence electrons. The molecule has 32 heavy (non-hydrogen) atoms. The number of methoxy groups -OCH3 is 1. The molecular weight excluding hydrogens is 494 g/mol. The van der Waals surface area contributed by atoms with E-state index >= 15 is 0 Å². The molecule has 0 saturated carbocycles. The monoisotopic (exact) mass is 516 g/mol. The van der Waals surface area contributed by atoms with Crippen molar-refractivity contribution in [2.24, 2.45) is 0 Å². The van der Waals surface area contributed by atoms with Crippen LogP contribution in [-0.2, 0) is 4.74 Å². The number of aryl methyl sites for hydroxylation is 1. The molecular formula is C22H23Cl2F4KN2O. The van der Waals surface area contributed by atoms with E-state index < -0.39 is 24.9 Å². The number of hydrogen-bond donors (Lipinski definition) is 1. The number of alkyl halides is 4. The Kier molecular flexibility index (Phi) is 13.3. The van der Waals surface area contributed by atoms with Crippen molar-refractivity contribution in [1.82, 2.24) is 5.32 Å². The number of hydrogen-bond acceptors (Lipinski definition) is 2. The summed E-state index contributed by atoms with van der Waals surface area (Å²) in [5.41, 5.74) is 1.66. The molecule has 10 heteroatoms. The van der Waals surface area contributed by atoms with Gasteiger partial charge in [0.15, 0.2) is 0 Å².